The lowest BCUT2D eigenvalue weighted by Gasteiger charge is -2.27. The van der Waals surface area contributed by atoms with Gasteiger partial charge in [0, 0.05) is 28.1 Å². The summed E-state index contributed by atoms with van der Waals surface area (Å²) < 4.78 is 4.42. The van der Waals surface area contributed by atoms with Gasteiger partial charge in [-0.25, -0.2) is 4.98 Å². The lowest BCUT2D eigenvalue weighted by Crippen LogP contribution is -2.11. The second kappa shape index (κ2) is 10.2. The van der Waals surface area contributed by atoms with Crippen LogP contribution in [0, 0.1) is 0 Å². The van der Waals surface area contributed by atoms with Gasteiger partial charge in [0.05, 0.1) is 28.1 Å². The molecule has 0 aliphatic carbocycles. The number of para-hydroxylation sites is 5. The molecule has 212 valence electrons. The molecule has 2 aromatic heterocycles. The Morgan fingerprint density at radius 1 is 0.378 bits per heavy atom. The van der Waals surface area contributed by atoms with Crippen molar-refractivity contribution in [3.8, 4) is 45.5 Å². The smallest absolute Gasteiger partial charge is 0.168 e. The van der Waals surface area contributed by atoms with Gasteiger partial charge in [-0.15, -0.1) is 10.2 Å². The summed E-state index contributed by atoms with van der Waals surface area (Å²) in [5.41, 5.74) is 10.4. The summed E-state index contributed by atoms with van der Waals surface area (Å²) in [7, 11) is 0. The summed E-state index contributed by atoms with van der Waals surface area (Å²) in [4.78, 5) is 7.46. The monoisotopic (exact) mass is 578 g/mol. The normalized spacial score (nSPS) is 12.0. The maximum Gasteiger partial charge on any atom is 0.168 e. The van der Waals surface area contributed by atoms with E-state index in [9.17, 15) is 0 Å². The molecular formula is C39H26N6. The first-order chi connectivity index (χ1) is 22.3. The number of hydrogen-bond donors (Lipinski definition) is 0. The van der Waals surface area contributed by atoms with Crippen molar-refractivity contribution in [3.63, 3.8) is 0 Å². The number of fused-ring (bicyclic) bond motifs is 7. The summed E-state index contributed by atoms with van der Waals surface area (Å²) in [6, 6.07) is 54.5. The fraction of sp³-hybridized carbons (Fsp3) is 0. The van der Waals surface area contributed by atoms with Crippen molar-refractivity contribution in [1.29, 1.82) is 0 Å². The highest BCUT2D eigenvalue weighted by Gasteiger charge is 2.28. The zero-order valence-corrected chi connectivity index (χ0v) is 24.2. The zero-order chi connectivity index (χ0) is 29.7. The summed E-state index contributed by atoms with van der Waals surface area (Å²) in [5.74, 6) is 2.53. The largest absolute Gasteiger partial charge is 0.308 e. The standard InChI is InChI=1S/C39H26N6/c1-3-13-27(14-4-1)37-41-42-38(28-15-5-2-6-16-28)44(37)30-25-23-29(24-26-30)43-33-19-9-7-17-31(33)39-40-32-18-8-10-20-34(32)45(39)36-22-12-11-21-35(36)43/h1-26H. The SMILES string of the molecule is c1ccc(-c2nnc(-c3ccccc3)n2-c2ccc(N3c4ccccc4-c4nc5ccccc5n4-c4ccccc43)cc2)cc1. The molecule has 45 heavy (non-hydrogen) atoms. The highest BCUT2D eigenvalue weighted by molar-refractivity contribution is 5.96. The summed E-state index contributed by atoms with van der Waals surface area (Å²) in [6.45, 7) is 0. The Morgan fingerprint density at radius 2 is 0.911 bits per heavy atom. The van der Waals surface area contributed by atoms with Gasteiger partial charge < -0.3 is 4.90 Å². The van der Waals surface area contributed by atoms with E-state index < -0.39 is 0 Å². The number of aromatic nitrogens is 5. The van der Waals surface area contributed by atoms with E-state index in [0.717, 1.165) is 73.6 Å². The van der Waals surface area contributed by atoms with Crippen molar-refractivity contribution in [2.45, 2.75) is 0 Å². The molecule has 0 fully saturated rings. The topological polar surface area (TPSA) is 51.8 Å². The summed E-state index contributed by atoms with van der Waals surface area (Å²) in [6.07, 6.45) is 0. The predicted molar refractivity (Wildman–Crippen MR) is 181 cm³/mol. The number of hydrogen-bond acceptors (Lipinski definition) is 4. The van der Waals surface area contributed by atoms with Crippen molar-refractivity contribution in [2.75, 3.05) is 4.90 Å². The molecule has 6 heteroatoms. The first-order valence-electron chi connectivity index (χ1n) is 15.0. The van der Waals surface area contributed by atoms with Crippen LogP contribution in [0.5, 0.6) is 0 Å². The molecule has 0 saturated carbocycles. The summed E-state index contributed by atoms with van der Waals surface area (Å²) in [5, 5.41) is 9.32. The second-order valence-corrected chi connectivity index (χ2v) is 11.0. The number of benzene rings is 6. The van der Waals surface area contributed by atoms with E-state index in [1.54, 1.807) is 0 Å². The van der Waals surface area contributed by atoms with E-state index in [-0.39, 0.29) is 0 Å². The van der Waals surface area contributed by atoms with Gasteiger partial charge in [-0.2, -0.15) is 0 Å². The zero-order valence-electron chi connectivity index (χ0n) is 24.2. The second-order valence-electron chi connectivity index (χ2n) is 11.0. The van der Waals surface area contributed by atoms with Gasteiger partial charge in [0.25, 0.3) is 0 Å². The maximum absolute atomic E-state index is 5.13. The molecule has 0 amide bonds. The lowest BCUT2D eigenvalue weighted by molar-refractivity contribution is 1.07. The van der Waals surface area contributed by atoms with Crippen molar-refractivity contribution >= 4 is 28.1 Å². The maximum atomic E-state index is 5.13. The van der Waals surface area contributed by atoms with Crippen molar-refractivity contribution < 1.29 is 0 Å². The molecule has 0 spiro atoms. The van der Waals surface area contributed by atoms with Crippen molar-refractivity contribution in [2.24, 2.45) is 0 Å². The van der Waals surface area contributed by atoms with Crippen LogP contribution in [0.2, 0.25) is 0 Å². The molecule has 6 aromatic carbocycles. The van der Waals surface area contributed by atoms with Crippen LogP contribution in [-0.2, 0) is 0 Å². The Bertz CT molecular complexity index is 2260. The molecule has 0 atom stereocenters. The van der Waals surface area contributed by atoms with E-state index >= 15 is 0 Å². The van der Waals surface area contributed by atoms with E-state index in [0.29, 0.717) is 0 Å². The van der Waals surface area contributed by atoms with Crippen LogP contribution in [0.15, 0.2) is 158 Å². The minimum Gasteiger partial charge on any atom is -0.308 e. The minimum atomic E-state index is 0.796. The minimum absolute atomic E-state index is 0.796. The quantitative estimate of drug-likeness (QED) is 0.209. The number of anilines is 3. The molecule has 0 unspecified atom stereocenters. The van der Waals surface area contributed by atoms with Gasteiger partial charge in [0.1, 0.15) is 5.82 Å². The molecule has 8 aromatic rings. The third kappa shape index (κ3) is 4.00. The van der Waals surface area contributed by atoms with Crippen LogP contribution in [0.4, 0.5) is 17.1 Å². The van der Waals surface area contributed by atoms with E-state index in [1.165, 1.54) is 0 Å². The highest BCUT2D eigenvalue weighted by Crippen LogP contribution is 2.47. The van der Waals surface area contributed by atoms with E-state index in [2.05, 4.69) is 139 Å². The van der Waals surface area contributed by atoms with Gasteiger partial charge in [0.15, 0.2) is 11.6 Å². The van der Waals surface area contributed by atoms with Gasteiger partial charge in [0.2, 0.25) is 0 Å². The van der Waals surface area contributed by atoms with Gasteiger partial charge >= 0.3 is 0 Å². The van der Waals surface area contributed by atoms with Crippen LogP contribution in [0.25, 0.3) is 56.6 Å². The van der Waals surface area contributed by atoms with Crippen LogP contribution in [0.1, 0.15) is 0 Å². The summed E-state index contributed by atoms with van der Waals surface area (Å²) >= 11 is 0. The molecule has 0 N–H and O–H groups in total. The predicted octanol–water partition coefficient (Wildman–Crippen LogP) is 9.39. The molecule has 1 aliphatic heterocycles. The Hall–Kier alpha value is -6.27. The molecule has 0 saturated heterocycles. The Kier molecular flexibility index (Phi) is 5.71. The van der Waals surface area contributed by atoms with E-state index in [4.69, 9.17) is 4.98 Å². The van der Waals surface area contributed by atoms with Crippen LogP contribution in [0.3, 0.4) is 0 Å². The Balaban J connectivity index is 1.23. The van der Waals surface area contributed by atoms with Gasteiger partial charge in [-0.1, -0.05) is 97.1 Å². The third-order valence-electron chi connectivity index (χ3n) is 8.40. The molecule has 0 bridgehead atoms. The lowest BCUT2D eigenvalue weighted by atomic mass is 10.1. The van der Waals surface area contributed by atoms with E-state index in [1.807, 2.05) is 42.5 Å². The van der Waals surface area contributed by atoms with Gasteiger partial charge in [-0.3, -0.25) is 9.13 Å². The van der Waals surface area contributed by atoms with Crippen LogP contribution < -0.4 is 4.90 Å². The number of nitrogens with zero attached hydrogens (tertiary/aromatic N) is 6. The van der Waals surface area contributed by atoms with Crippen molar-refractivity contribution in [1.82, 2.24) is 24.3 Å². The molecule has 3 heterocycles. The molecule has 6 nitrogen and oxygen atoms in total. The fourth-order valence-electron chi connectivity index (χ4n) is 6.39. The molecular weight excluding hydrogens is 552 g/mol. The number of imidazole rings is 1. The first-order valence-corrected chi connectivity index (χ1v) is 15.0. The average molecular weight is 579 g/mol. The highest BCUT2D eigenvalue weighted by atomic mass is 15.3. The van der Waals surface area contributed by atoms with Crippen molar-refractivity contribution in [3.05, 3.63) is 158 Å². The van der Waals surface area contributed by atoms with Crippen LogP contribution >= 0.6 is 0 Å². The van der Waals surface area contributed by atoms with Crippen LogP contribution in [-0.4, -0.2) is 24.3 Å². The third-order valence-corrected chi connectivity index (χ3v) is 8.40. The average Bonchev–Trinajstić information content (AvgIpc) is 3.70. The Labute approximate surface area is 260 Å². The number of rotatable bonds is 4. The fourth-order valence-corrected chi connectivity index (χ4v) is 6.39. The van der Waals surface area contributed by atoms with Gasteiger partial charge in [-0.05, 0) is 60.7 Å². The Morgan fingerprint density at radius 3 is 1.60 bits per heavy atom. The first kappa shape index (κ1) is 25.2. The molecule has 1 aliphatic rings. The molecule has 0 radical (unpaired) electrons. The molecule has 9 rings (SSSR count).